The lowest BCUT2D eigenvalue weighted by Gasteiger charge is -2.25. The number of hydrogen-bond acceptors (Lipinski definition) is 1. The predicted molar refractivity (Wildman–Crippen MR) is 73.1 cm³/mol. The minimum atomic E-state index is -0.672. The fraction of sp³-hybridized carbons (Fsp3) is 0.200. The molecule has 1 nitrogen and oxygen atoms in total. The predicted octanol–water partition coefficient (Wildman–Crippen LogP) is 4.03. The first-order chi connectivity index (χ1) is 8.88. The molecule has 2 aromatic carbocycles. The van der Waals surface area contributed by atoms with E-state index in [9.17, 15) is 8.78 Å². The Kier molecular flexibility index (Phi) is 3.88. The van der Waals surface area contributed by atoms with E-state index >= 15 is 0 Å². The number of benzene rings is 2. The molecule has 0 bridgehead atoms. The van der Waals surface area contributed by atoms with E-state index < -0.39 is 11.4 Å². The molecule has 0 fully saturated rings. The van der Waals surface area contributed by atoms with E-state index in [1.165, 1.54) is 18.2 Å². The molecule has 4 heteroatoms. The van der Waals surface area contributed by atoms with Gasteiger partial charge in [-0.15, -0.1) is 0 Å². The maximum atomic E-state index is 13.1. The van der Waals surface area contributed by atoms with Gasteiger partial charge in [0.05, 0.1) is 5.02 Å². The van der Waals surface area contributed by atoms with Crippen molar-refractivity contribution in [2.75, 3.05) is 0 Å². The second-order valence-electron chi connectivity index (χ2n) is 4.85. The Morgan fingerprint density at radius 2 is 1.74 bits per heavy atom. The minimum absolute atomic E-state index is 0.0763. The normalized spacial score (nSPS) is 14.2. The highest BCUT2D eigenvalue weighted by atomic mass is 35.5. The zero-order valence-electron chi connectivity index (χ0n) is 10.5. The van der Waals surface area contributed by atoms with Gasteiger partial charge in [0.2, 0.25) is 0 Å². The summed E-state index contributed by atoms with van der Waals surface area (Å²) >= 11 is 5.74. The van der Waals surface area contributed by atoms with Gasteiger partial charge in [0.1, 0.15) is 11.6 Å². The van der Waals surface area contributed by atoms with Crippen LogP contribution in [0, 0.1) is 11.6 Å². The SMILES string of the molecule is CC(N)(Cc1ccc(F)c(Cl)c1)c1ccc(F)cc1. The number of hydrogen-bond donors (Lipinski definition) is 1. The van der Waals surface area contributed by atoms with E-state index in [1.54, 1.807) is 24.3 Å². The van der Waals surface area contributed by atoms with Crippen LogP contribution in [0.15, 0.2) is 42.5 Å². The molecule has 0 saturated heterocycles. The van der Waals surface area contributed by atoms with Crippen LogP contribution in [0.4, 0.5) is 8.78 Å². The fourth-order valence-electron chi connectivity index (χ4n) is 2.01. The number of halogens is 3. The summed E-state index contributed by atoms with van der Waals surface area (Å²) in [7, 11) is 0. The Bertz CT molecular complexity index is 579. The topological polar surface area (TPSA) is 26.0 Å². The number of nitrogens with two attached hydrogens (primary N) is 1. The summed E-state index contributed by atoms with van der Waals surface area (Å²) in [6.07, 6.45) is 0.485. The Balaban J connectivity index is 2.25. The average molecular weight is 282 g/mol. The molecule has 0 heterocycles. The molecule has 0 aliphatic rings. The third kappa shape index (κ3) is 3.31. The molecule has 0 radical (unpaired) electrons. The third-order valence-electron chi connectivity index (χ3n) is 3.06. The average Bonchev–Trinajstić information content (AvgIpc) is 2.34. The van der Waals surface area contributed by atoms with Crippen molar-refractivity contribution in [2.45, 2.75) is 18.9 Å². The van der Waals surface area contributed by atoms with Gasteiger partial charge in [0.25, 0.3) is 0 Å². The summed E-state index contributed by atoms with van der Waals surface area (Å²) in [5.41, 5.74) is 7.23. The molecule has 0 saturated carbocycles. The summed E-state index contributed by atoms with van der Waals surface area (Å²) in [4.78, 5) is 0. The Morgan fingerprint density at radius 3 is 2.32 bits per heavy atom. The highest BCUT2D eigenvalue weighted by molar-refractivity contribution is 6.30. The molecule has 1 atom stereocenters. The molecule has 2 rings (SSSR count). The molecule has 0 amide bonds. The van der Waals surface area contributed by atoms with Crippen molar-refractivity contribution in [1.82, 2.24) is 0 Å². The molecule has 0 aliphatic heterocycles. The number of rotatable bonds is 3. The molecule has 1 unspecified atom stereocenters. The van der Waals surface area contributed by atoms with Crippen molar-refractivity contribution in [3.05, 3.63) is 70.2 Å². The molecule has 0 aromatic heterocycles. The van der Waals surface area contributed by atoms with Crippen molar-refractivity contribution >= 4 is 11.6 Å². The lowest BCUT2D eigenvalue weighted by Crippen LogP contribution is -2.35. The van der Waals surface area contributed by atoms with Crippen LogP contribution in [0.5, 0.6) is 0 Å². The van der Waals surface area contributed by atoms with E-state index in [4.69, 9.17) is 17.3 Å². The van der Waals surface area contributed by atoms with E-state index in [2.05, 4.69) is 0 Å². The summed E-state index contributed by atoms with van der Waals surface area (Å²) in [6.45, 7) is 1.84. The molecule has 19 heavy (non-hydrogen) atoms. The van der Waals surface area contributed by atoms with Crippen LogP contribution in [-0.2, 0) is 12.0 Å². The molecular weight excluding hydrogens is 268 g/mol. The van der Waals surface area contributed by atoms with Gasteiger partial charge in [-0.2, -0.15) is 0 Å². The lowest BCUT2D eigenvalue weighted by molar-refractivity contribution is 0.489. The van der Waals surface area contributed by atoms with Crippen molar-refractivity contribution < 1.29 is 8.78 Å². The molecule has 2 N–H and O–H groups in total. The summed E-state index contributed by atoms with van der Waals surface area (Å²) in [6, 6.07) is 10.6. The van der Waals surface area contributed by atoms with Gasteiger partial charge in [-0.25, -0.2) is 8.78 Å². The van der Waals surface area contributed by atoms with Crippen molar-refractivity contribution in [3.8, 4) is 0 Å². The van der Waals surface area contributed by atoms with Crippen molar-refractivity contribution in [3.63, 3.8) is 0 Å². The molecule has 0 spiro atoms. The van der Waals surface area contributed by atoms with Gasteiger partial charge in [0.15, 0.2) is 0 Å². The highest BCUT2D eigenvalue weighted by Gasteiger charge is 2.22. The summed E-state index contributed by atoms with van der Waals surface area (Å²) < 4.78 is 26.0. The maximum Gasteiger partial charge on any atom is 0.141 e. The van der Waals surface area contributed by atoms with Gasteiger partial charge in [-0.3, -0.25) is 0 Å². The Morgan fingerprint density at radius 1 is 1.11 bits per heavy atom. The zero-order chi connectivity index (χ0) is 14.0. The van der Waals surface area contributed by atoms with Crippen LogP contribution in [0.3, 0.4) is 0 Å². The smallest absolute Gasteiger partial charge is 0.141 e. The molecule has 2 aromatic rings. The van der Waals surface area contributed by atoms with Gasteiger partial charge >= 0.3 is 0 Å². The van der Waals surface area contributed by atoms with Crippen LogP contribution in [0.1, 0.15) is 18.1 Å². The molecule has 100 valence electrons. The van der Waals surface area contributed by atoms with Crippen LogP contribution >= 0.6 is 11.6 Å². The Labute approximate surface area is 116 Å². The van der Waals surface area contributed by atoms with Gasteiger partial charge in [-0.1, -0.05) is 29.8 Å². The van der Waals surface area contributed by atoms with Crippen LogP contribution in [-0.4, -0.2) is 0 Å². The van der Waals surface area contributed by atoms with Crippen LogP contribution in [0.25, 0.3) is 0 Å². The van der Waals surface area contributed by atoms with Gasteiger partial charge in [-0.05, 0) is 48.7 Å². The lowest BCUT2D eigenvalue weighted by atomic mass is 9.86. The van der Waals surface area contributed by atoms with E-state index in [0.29, 0.717) is 6.42 Å². The molecular formula is C15H14ClF2N. The maximum absolute atomic E-state index is 13.1. The van der Waals surface area contributed by atoms with Crippen LogP contribution < -0.4 is 5.73 Å². The van der Waals surface area contributed by atoms with Gasteiger partial charge < -0.3 is 5.73 Å². The first kappa shape index (κ1) is 14.0. The zero-order valence-corrected chi connectivity index (χ0v) is 11.2. The fourth-order valence-corrected chi connectivity index (χ4v) is 2.21. The van der Waals surface area contributed by atoms with Crippen molar-refractivity contribution in [2.24, 2.45) is 5.73 Å². The van der Waals surface area contributed by atoms with Crippen LogP contribution in [0.2, 0.25) is 5.02 Å². The second kappa shape index (κ2) is 5.27. The van der Waals surface area contributed by atoms with Gasteiger partial charge in [0, 0.05) is 5.54 Å². The second-order valence-corrected chi connectivity index (χ2v) is 5.26. The minimum Gasteiger partial charge on any atom is -0.321 e. The monoisotopic (exact) mass is 281 g/mol. The third-order valence-corrected chi connectivity index (χ3v) is 3.35. The molecule has 0 aliphatic carbocycles. The summed E-state index contributed by atoms with van der Waals surface area (Å²) in [5, 5.41) is 0.0763. The van der Waals surface area contributed by atoms with Crippen molar-refractivity contribution in [1.29, 1.82) is 0 Å². The standard InChI is InChI=1S/C15H14ClF2N/c1-15(19,11-3-5-12(17)6-4-11)9-10-2-7-14(18)13(16)8-10/h2-8H,9,19H2,1H3. The quantitative estimate of drug-likeness (QED) is 0.903. The largest absolute Gasteiger partial charge is 0.321 e. The first-order valence-corrected chi connectivity index (χ1v) is 6.25. The van der Waals surface area contributed by atoms with E-state index in [1.807, 2.05) is 6.92 Å². The Hall–Kier alpha value is -1.45. The van der Waals surface area contributed by atoms with E-state index in [0.717, 1.165) is 11.1 Å². The highest BCUT2D eigenvalue weighted by Crippen LogP contribution is 2.25. The van der Waals surface area contributed by atoms with E-state index in [-0.39, 0.29) is 10.8 Å². The first-order valence-electron chi connectivity index (χ1n) is 5.87. The summed E-state index contributed by atoms with van der Waals surface area (Å²) in [5.74, 6) is -0.754.